The van der Waals surface area contributed by atoms with E-state index >= 15 is 0 Å². The Kier molecular flexibility index (Phi) is 5.24. The van der Waals surface area contributed by atoms with Crippen molar-refractivity contribution >= 4 is 38.4 Å². The zero-order valence-corrected chi connectivity index (χ0v) is 17.3. The van der Waals surface area contributed by atoms with Gasteiger partial charge >= 0.3 is 0 Å². The number of amides is 1. The molecule has 4 rings (SSSR count). The second kappa shape index (κ2) is 7.70. The summed E-state index contributed by atoms with van der Waals surface area (Å²) in [6, 6.07) is 13.7. The van der Waals surface area contributed by atoms with E-state index in [2.05, 4.69) is 4.98 Å². The molecule has 1 saturated heterocycles. The summed E-state index contributed by atoms with van der Waals surface area (Å²) in [4.78, 5) is 17.7. The lowest BCUT2D eigenvalue weighted by Gasteiger charge is -2.33. The fourth-order valence-electron chi connectivity index (χ4n) is 3.44. The predicted octanol–water partition coefficient (Wildman–Crippen LogP) is 2.98. The first-order chi connectivity index (χ1) is 13.9. The molecule has 3 aromatic rings. The van der Waals surface area contributed by atoms with Crippen LogP contribution in [0.15, 0.2) is 53.4 Å². The molecule has 0 unspecified atom stereocenters. The second-order valence-electron chi connectivity index (χ2n) is 6.76. The molecule has 1 amide bonds. The number of nitrogens with one attached hydrogen (secondary N) is 1. The Morgan fingerprint density at radius 2 is 1.79 bits per heavy atom. The SMILES string of the molecule is COc1ccc2cc(C(=O)N3CCN(S(=O)(=O)c4ccccc4Cl)CC3)[nH]c2c1. The summed E-state index contributed by atoms with van der Waals surface area (Å²) in [5.74, 6) is 0.548. The minimum atomic E-state index is -3.69. The number of benzene rings is 2. The topological polar surface area (TPSA) is 82.7 Å². The van der Waals surface area contributed by atoms with E-state index in [0.717, 1.165) is 10.9 Å². The molecule has 9 heteroatoms. The van der Waals surface area contributed by atoms with Gasteiger partial charge in [-0.15, -0.1) is 0 Å². The van der Waals surface area contributed by atoms with Crippen LogP contribution >= 0.6 is 11.6 Å². The van der Waals surface area contributed by atoms with Crippen LogP contribution in [0.25, 0.3) is 10.9 Å². The smallest absolute Gasteiger partial charge is 0.270 e. The quantitative estimate of drug-likeness (QED) is 0.685. The van der Waals surface area contributed by atoms with Crippen molar-refractivity contribution in [1.29, 1.82) is 0 Å². The molecule has 1 N–H and O–H groups in total. The number of H-pyrrole nitrogens is 1. The third kappa shape index (κ3) is 3.71. The molecule has 0 atom stereocenters. The summed E-state index contributed by atoms with van der Waals surface area (Å²) in [6.07, 6.45) is 0. The highest BCUT2D eigenvalue weighted by Gasteiger charge is 2.31. The number of sulfonamides is 1. The summed E-state index contributed by atoms with van der Waals surface area (Å²) >= 11 is 6.06. The average molecular weight is 434 g/mol. The van der Waals surface area contributed by atoms with Crippen LogP contribution in [-0.4, -0.2) is 61.8 Å². The maximum absolute atomic E-state index is 12.9. The third-order valence-corrected chi connectivity index (χ3v) is 7.44. The zero-order valence-electron chi connectivity index (χ0n) is 15.8. The van der Waals surface area contributed by atoms with Gasteiger partial charge in [0.15, 0.2) is 0 Å². The molecule has 0 radical (unpaired) electrons. The Morgan fingerprint density at radius 3 is 2.48 bits per heavy atom. The molecule has 0 aliphatic carbocycles. The first kappa shape index (κ1) is 19.8. The number of methoxy groups -OCH3 is 1. The summed E-state index contributed by atoms with van der Waals surface area (Å²) in [5, 5.41) is 1.11. The number of hydrogen-bond acceptors (Lipinski definition) is 4. The Morgan fingerprint density at radius 1 is 1.07 bits per heavy atom. The largest absolute Gasteiger partial charge is 0.497 e. The fourth-order valence-corrected chi connectivity index (χ4v) is 5.36. The van der Waals surface area contributed by atoms with Crippen LogP contribution in [0.2, 0.25) is 5.02 Å². The van der Waals surface area contributed by atoms with Gasteiger partial charge in [0, 0.05) is 43.1 Å². The van der Waals surface area contributed by atoms with Crippen LogP contribution in [0, 0.1) is 0 Å². The molecule has 1 aliphatic rings. The first-order valence-corrected chi connectivity index (χ1v) is 10.9. The van der Waals surface area contributed by atoms with Gasteiger partial charge < -0.3 is 14.6 Å². The summed E-state index contributed by atoms with van der Waals surface area (Å²) in [5.41, 5.74) is 1.28. The molecule has 1 aromatic heterocycles. The predicted molar refractivity (Wildman–Crippen MR) is 111 cm³/mol. The third-order valence-electron chi connectivity index (χ3n) is 5.04. The fraction of sp³-hybridized carbons (Fsp3) is 0.250. The Labute approximate surface area is 173 Å². The van der Waals surface area contributed by atoms with Gasteiger partial charge in [-0.05, 0) is 30.3 Å². The molecular weight excluding hydrogens is 414 g/mol. The number of aromatic nitrogens is 1. The van der Waals surface area contributed by atoms with Crippen molar-refractivity contribution in [3.8, 4) is 5.75 Å². The van der Waals surface area contributed by atoms with Crippen LogP contribution in [0.5, 0.6) is 5.75 Å². The number of aromatic amines is 1. The Balaban J connectivity index is 1.48. The highest BCUT2D eigenvalue weighted by Crippen LogP contribution is 2.26. The molecule has 2 heterocycles. The van der Waals surface area contributed by atoms with Gasteiger partial charge in [-0.1, -0.05) is 23.7 Å². The molecule has 29 heavy (non-hydrogen) atoms. The molecule has 0 bridgehead atoms. The number of hydrogen-bond donors (Lipinski definition) is 1. The van der Waals surface area contributed by atoms with E-state index in [4.69, 9.17) is 16.3 Å². The van der Waals surface area contributed by atoms with E-state index < -0.39 is 10.0 Å². The standard InChI is InChI=1S/C20H20ClN3O4S/c1-28-15-7-6-14-12-18(22-17(14)13-15)20(25)23-8-10-24(11-9-23)29(26,27)19-5-3-2-4-16(19)21/h2-7,12-13,22H,8-11H2,1H3. The molecule has 1 fully saturated rings. The molecule has 0 saturated carbocycles. The van der Waals surface area contributed by atoms with E-state index in [0.29, 0.717) is 24.5 Å². The van der Waals surface area contributed by atoms with Crippen LogP contribution in [0.1, 0.15) is 10.5 Å². The van der Waals surface area contributed by atoms with Crippen molar-refractivity contribution in [3.63, 3.8) is 0 Å². The number of ether oxygens (including phenoxy) is 1. The van der Waals surface area contributed by atoms with Crippen LogP contribution in [-0.2, 0) is 10.0 Å². The summed E-state index contributed by atoms with van der Waals surface area (Å²) in [7, 11) is -2.10. The highest BCUT2D eigenvalue weighted by molar-refractivity contribution is 7.89. The normalized spacial score (nSPS) is 15.6. The molecule has 0 spiro atoms. The summed E-state index contributed by atoms with van der Waals surface area (Å²) < 4.78 is 32.3. The van der Waals surface area contributed by atoms with Crippen LogP contribution in [0.4, 0.5) is 0 Å². The van der Waals surface area contributed by atoms with E-state index in [9.17, 15) is 13.2 Å². The minimum absolute atomic E-state index is 0.0889. The van der Waals surface area contributed by atoms with Gasteiger partial charge in [0.25, 0.3) is 5.91 Å². The van der Waals surface area contributed by atoms with E-state index in [1.165, 1.54) is 10.4 Å². The second-order valence-corrected chi connectivity index (χ2v) is 9.08. The van der Waals surface area contributed by atoms with Gasteiger partial charge in [0.2, 0.25) is 10.0 Å². The number of piperazine rings is 1. The Hall–Kier alpha value is -2.55. The van der Waals surface area contributed by atoms with E-state index in [-0.39, 0.29) is 28.9 Å². The number of halogens is 1. The Bertz CT molecular complexity index is 1170. The minimum Gasteiger partial charge on any atom is -0.497 e. The monoisotopic (exact) mass is 433 g/mol. The van der Waals surface area contributed by atoms with Gasteiger partial charge in [-0.2, -0.15) is 4.31 Å². The van der Waals surface area contributed by atoms with Gasteiger partial charge in [-0.25, -0.2) is 8.42 Å². The van der Waals surface area contributed by atoms with Crippen LogP contribution in [0.3, 0.4) is 0 Å². The molecule has 1 aliphatic heterocycles. The van der Waals surface area contributed by atoms with E-state index in [1.54, 1.807) is 36.3 Å². The lowest BCUT2D eigenvalue weighted by molar-refractivity contribution is 0.0693. The molecule has 2 aromatic carbocycles. The number of nitrogens with zero attached hydrogens (tertiary/aromatic N) is 2. The maximum atomic E-state index is 12.9. The van der Waals surface area contributed by atoms with Gasteiger partial charge in [0.05, 0.1) is 12.1 Å². The van der Waals surface area contributed by atoms with Crippen molar-refractivity contribution in [2.24, 2.45) is 0 Å². The van der Waals surface area contributed by atoms with E-state index in [1.807, 2.05) is 18.2 Å². The van der Waals surface area contributed by atoms with Gasteiger partial charge in [-0.3, -0.25) is 4.79 Å². The number of carbonyl (C=O) groups excluding carboxylic acids is 1. The van der Waals surface area contributed by atoms with Crippen molar-refractivity contribution in [2.45, 2.75) is 4.90 Å². The molecule has 152 valence electrons. The van der Waals surface area contributed by atoms with Crippen molar-refractivity contribution < 1.29 is 17.9 Å². The van der Waals surface area contributed by atoms with Crippen molar-refractivity contribution in [2.75, 3.05) is 33.3 Å². The first-order valence-electron chi connectivity index (χ1n) is 9.11. The summed E-state index contributed by atoms with van der Waals surface area (Å²) in [6.45, 7) is 1.04. The molecular formula is C20H20ClN3O4S. The number of fused-ring (bicyclic) bond motifs is 1. The van der Waals surface area contributed by atoms with Gasteiger partial charge in [0.1, 0.15) is 16.3 Å². The van der Waals surface area contributed by atoms with Crippen molar-refractivity contribution in [3.05, 3.63) is 59.2 Å². The molecule has 7 nitrogen and oxygen atoms in total. The number of carbonyl (C=O) groups is 1. The zero-order chi connectivity index (χ0) is 20.6. The average Bonchev–Trinajstić information content (AvgIpc) is 3.16. The highest BCUT2D eigenvalue weighted by atomic mass is 35.5. The maximum Gasteiger partial charge on any atom is 0.270 e. The van der Waals surface area contributed by atoms with Crippen LogP contribution < -0.4 is 4.74 Å². The lowest BCUT2D eigenvalue weighted by Crippen LogP contribution is -2.50. The number of rotatable bonds is 4. The lowest BCUT2D eigenvalue weighted by atomic mass is 10.2. The van der Waals surface area contributed by atoms with Crippen molar-refractivity contribution in [1.82, 2.24) is 14.2 Å².